The van der Waals surface area contributed by atoms with E-state index in [1.54, 1.807) is 36.8 Å². The molecule has 7 nitrogen and oxygen atoms in total. The predicted octanol–water partition coefficient (Wildman–Crippen LogP) is 4.43. The molecule has 0 saturated heterocycles. The van der Waals surface area contributed by atoms with Gasteiger partial charge in [-0.1, -0.05) is 47.1 Å². The number of hydrogen-bond acceptors (Lipinski definition) is 6. The minimum absolute atomic E-state index is 0.178. The molecule has 0 radical (unpaired) electrons. The Morgan fingerprint density at radius 1 is 1.30 bits per heavy atom. The summed E-state index contributed by atoms with van der Waals surface area (Å²) in [4.78, 5) is 34.5. The molecule has 0 spiro atoms. The molecule has 1 aromatic carbocycles. The molecule has 1 N–H and O–H groups in total. The van der Waals surface area contributed by atoms with Gasteiger partial charge < -0.3 is 10.1 Å². The monoisotopic (exact) mass is 466 g/mol. The maximum absolute atomic E-state index is 13.1. The third-order valence-corrected chi connectivity index (χ3v) is 5.89. The number of pyridine rings is 1. The lowest BCUT2D eigenvalue weighted by atomic mass is 10.2. The molecule has 0 aliphatic carbocycles. The van der Waals surface area contributed by atoms with Crippen molar-refractivity contribution in [1.29, 1.82) is 0 Å². The highest BCUT2D eigenvalue weighted by molar-refractivity contribution is 8.00. The molecule has 3 rings (SSSR count). The summed E-state index contributed by atoms with van der Waals surface area (Å²) in [6.45, 7) is 3.92. The van der Waals surface area contributed by atoms with E-state index < -0.39 is 5.25 Å². The topological polar surface area (TPSA) is 86.1 Å². The van der Waals surface area contributed by atoms with Gasteiger partial charge in [0, 0.05) is 13.3 Å². The van der Waals surface area contributed by atoms with Gasteiger partial charge in [0.2, 0.25) is 5.91 Å². The van der Waals surface area contributed by atoms with Crippen LogP contribution in [0.5, 0.6) is 0 Å². The number of thioether (sulfide) groups is 1. The second kappa shape index (κ2) is 9.78. The molecule has 2 aromatic heterocycles. The number of nitrogens with zero attached hydrogens (tertiary/aromatic N) is 3. The number of halogens is 2. The van der Waals surface area contributed by atoms with Gasteiger partial charge in [0.1, 0.15) is 0 Å². The van der Waals surface area contributed by atoms with E-state index >= 15 is 0 Å². The van der Waals surface area contributed by atoms with Gasteiger partial charge in [-0.05, 0) is 32.0 Å². The molecule has 0 aliphatic heterocycles. The van der Waals surface area contributed by atoms with Crippen LogP contribution in [0.1, 0.15) is 19.9 Å². The minimum atomic E-state index is -0.576. The Morgan fingerprint density at radius 3 is 2.73 bits per heavy atom. The average molecular weight is 467 g/mol. The van der Waals surface area contributed by atoms with Crippen LogP contribution in [-0.4, -0.2) is 39.4 Å². The standard InChI is InChI=1S/C20H20Cl2N4O3S/c1-11(10-29-3)26-19(28)14-6-4-5-7-16(14)24-20(26)30-12(2)18(27)25-17-15(22)8-13(21)9-23-17/h4-9,11-12H,10H2,1-3H3,(H,23,25,27)/t11-,12-/m1/s1. The van der Waals surface area contributed by atoms with Crippen LogP contribution in [0.2, 0.25) is 10.0 Å². The first-order chi connectivity index (χ1) is 14.3. The number of fused-ring (bicyclic) bond motifs is 1. The average Bonchev–Trinajstić information content (AvgIpc) is 2.70. The van der Waals surface area contributed by atoms with E-state index in [1.165, 1.54) is 24.0 Å². The van der Waals surface area contributed by atoms with Gasteiger partial charge >= 0.3 is 0 Å². The van der Waals surface area contributed by atoms with E-state index in [0.717, 1.165) is 0 Å². The fourth-order valence-electron chi connectivity index (χ4n) is 2.85. The first-order valence-electron chi connectivity index (χ1n) is 9.10. The summed E-state index contributed by atoms with van der Waals surface area (Å²) in [6.07, 6.45) is 1.40. The van der Waals surface area contributed by atoms with E-state index in [9.17, 15) is 9.59 Å². The zero-order valence-electron chi connectivity index (χ0n) is 16.6. The third kappa shape index (κ3) is 4.95. The first kappa shape index (κ1) is 22.6. The van der Waals surface area contributed by atoms with E-state index in [-0.39, 0.29) is 28.3 Å². The van der Waals surface area contributed by atoms with Crippen LogP contribution >= 0.6 is 35.0 Å². The van der Waals surface area contributed by atoms with E-state index in [2.05, 4.69) is 15.3 Å². The molecule has 2 heterocycles. The van der Waals surface area contributed by atoms with Crippen LogP contribution < -0.4 is 10.9 Å². The van der Waals surface area contributed by atoms with Crippen LogP contribution in [0.4, 0.5) is 5.82 Å². The number of methoxy groups -OCH3 is 1. The van der Waals surface area contributed by atoms with Crippen molar-refractivity contribution in [3.05, 3.63) is 56.9 Å². The fourth-order valence-corrected chi connectivity index (χ4v) is 4.29. The van der Waals surface area contributed by atoms with Crippen LogP contribution in [0.25, 0.3) is 10.9 Å². The molecule has 3 aromatic rings. The van der Waals surface area contributed by atoms with E-state index in [1.807, 2.05) is 13.0 Å². The van der Waals surface area contributed by atoms with Gasteiger partial charge in [-0.15, -0.1) is 0 Å². The van der Waals surface area contributed by atoms with Gasteiger partial charge in [0.25, 0.3) is 5.56 Å². The van der Waals surface area contributed by atoms with Crippen LogP contribution in [0.15, 0.2) is 46.5 Å². The lowest BCUT2D eigenvalue weighted by Crippen LogP contribution is -2.30. The highest BCUT2D eigenvalue weighted by Gasteiger charge is 2.22. The van der Waals surface area contributed by atoms with Crippen molar-refractivity contribution in [3.63, 3.8) is 0 Å². The molecule has 0 saturated carbocycles. The Hall–Kier alpha value is -2.13. The number of nitrogens with one attached hydrogen (secondary N) is 1. The van der Waals surface area contributed by atoms with Crippen molar-refractivity contribution in [2.75, 3.05) is 19.0 Å². The van der Waals surface area contributed by atoms with Crippen molar-refractivity contribution in [1.82, 2.24) is 14.5 Å². The third-order valence-electron chi connectivity index (χ3n) is 4.32. The second-order valence-corrected chi connectivity index (χ2v) is 8.78. The molecule has 10 heteroatoms. The summed E-state index contributed by atoms with van der Waals surface area (Å²) in [5.74, 6) is -0.111. The SMILES string of the molecule is COC[C@@H](C)n1c(S[C@H](C)C(=O)Nc2ncc(Cl)cc2Cl)nc2ccccc2c1=O. The summed E-state index contributed by atoms with van der Waals surface area (Å²) in [6, 6.07) is 8.36. The van der Waals surface area contributed by atoms with Crippen LogP contribution in [-0.2, 0) is 9.53 Å². The number of carbonyl (C=O) groups excluding carboxylic acids is 1. The number of hydrogen-bond donors (Lipinski definition) is 1. The van der Waals surface area contributed by atoms with Crippen molar-refractivity contribution in [2.45, 2.75) is 30.3 Å². The van der Waals surface area contributed by atoms with Crippen molar-refractivity contribution in [3.8, 4) is 0 Å². The normalized spacial score (nSPS) is 13.2. The molecule has 2 atom stereocenters. The summed E-state index contributed by atoms with van der Waals surface area (Å²) in [5, 5.41) is 3.66. The van der Waals surface area contributed by atoms with Gasteiger partial charge in [-0.2, -0.15) is 0 Å². The Kier molecular flexibility index (Phi) is 7.36. The molecule has 0 unspecified atom stereocenters. The number of rotatable bonds is 7. The zero-order chi connectivity index (χ0) is 21.8. The molecular formula is C20H20Cl2N4O3S. The largest absolute Gasteiger partial charge is 0.383 e. The smallest absolute Gasteiger partial charge is 0.262 e. The lowest BCUT2D eigenvalue weighted by molar-refractivity contribution is -0.115. The molecular weight excluding hydrogens is 447 g/mol. The quantitative estimate of drug-likeness (QED) is 0.409. The van der Waals surface area contributed by atoms with Crippen molar-refractivity contribution in [2.24, 2.45) is 0 Å². The maximum atomic E-state index is 13.1. The predicted molar refractivity (Wildman–Crippen MR) is 121 cm³/mol. The number of aromatic nitrogens is 3. The molecule has 1 amide bonds. The van der Waals surface area contributed by atoms with Crippen molar-refractivity contribution >= 4 is 57.6 Å². The zero-order valence-corrected chi connectivity index (χ0v) is 18.9. The number of anilines is 1. The summed E-state index contributed by atoms with van der Waals surface area (Å²) < 4.78 is 6.79. The number of para-hydroxylation sites is 1. The summed E-state index contributed by atoms with van der Waals surface area (Å²) in [7, 11) is 1.57. The molecule has 0 fully saturated rings. The number of carbonyl (C=O) groups is 1. The van der Waals surface area contributed by atoms with E-state index in [4.69, 9.17) is 27.9 Å². The van der Waals surface area contributed by atoms with Gasteiger partial charge in [-0.25, -0.2) is 9.97 Å². The van der Waals surface area contributed by atoms with Crippen molar-refractivity contribution < 1.29 is 9.53 Å². The van der Waals surface area contributed by atoms with Gasteiger partial charge in [0.15, 0.2) is 11.0 Å². The second-order valence-electron chi connectivity index (χ2n) is 6.62. The number of amides is 1. The number of ether oxygens (including phenoxy) is 1. The molecule has 0 bridgehead atoms. The summed E-state index contributed by atoms with van der Waals surface area (Å²) in [5.41, 5.74) is 0.392. The van der Waals surface area contributed by atoms with E-state index in [0.29, 0.717) is 27.7 Å². The Morgan fingerprint density at radius 2 is 2.03 bits per heavy atom. The van der Waals surface area contributed by atoms with Gasteiger partial charge in [-0.3, -0.25) is 14.2 Å². The minimum Gasteiger partial charge on any atom is -0.383 e. The highest BCUT2D eigenvalue weighted by Crippen LogP contribution is 2.27. The Bertz CT molecular complexity index is 1140. The van der Waals surface area contributed by atoms with Gasteiger partial charge in [0.05, 0.1) is 38.8 Å². The first-order valence-corrected chi connectivity index (χ1v) is 10.7. The molecule has 0 aliphatic rings. The highest BCUT2D eigenvalue weighted by atomic mass is 35.5. The lowest BCUT2D eigenvalue weighted by Gasteiger charge is -2.20. The van der Waals surface area contributed by atoms with Crippen LogP contribution in [0.3, 0.4) is 0 Å². The Labute approximate surface area is 187 Å². The Balaban J connectivity index is 1.92. The molecule has 30 heavy (non-hydrogen) atoms. The maximum Gasteiger partial charge on any atom is 0.262 e. The number of benzene rings is 1. The fraction of sp³-hybridized carbons (Fsp3) is 0.300. The summed E-state index contributed by atoms with van der Waals surface area (Å²) >= 11 is 13.1. The van der Waals surface area contributed by atoms with Crippen LogP contribution in [0, 0.1) is 0 Å². The molecule has 158 valence electrons.